The Labute approximate surface area is 174 Å². The van der Waals surface area contributed by atoms with E-state index in [1.54, 1.807) is 19.2 Å². The van der Waals surface area contributed by atoms with E-state index < -0.39 is 10.0 Å². The highest BCUT2D eigenvalue weighted by Crippen LogP contribution is 2.20. The third-order valence-corrected chi connectivity index (χ3v) is 6.86. The Bertz CT molecular complexity index is 873. The molecule has 3 rings (SSSR count). The first-order chi connectivity index (χ1) is 13.9. The molecular formula is C22H31N3O3S. The summed E-state index contributed by atoms with van der Waals surface area (Å²) in [7, 11) is -1.79. The van der Waals surface area contributed by atoms with Crippen LogP contribution in [0.25, 0.3) is 0 Å². The number of hydrogen-bond acceptors (Lipinski definition) is 5. The van der Waals surface area contributed by atoms with Gasteiger partial charge in [-0.3, -0.25) is 4.90 Å². The molecule has 6 nitrogen and oxygen atoms in total. The molecule has 0 bridgehead atoms. The Kier molecular flexibility index (Phi) is 7.16. The highest BCUT2D eigenvalue weighted by Gasteiger charge is 2.19. The second-order valence-electron chi connectivity index (χ2n) is 7.65. The molecule has 0 radical (unpaired) electrons. The number of benzene rings is 2. The van der Waals surface area contributed by atoms with Gasteiger partial charge in [-0.15, -0.1) is 0 Å². The van der Waals surface area contributed by atoms with E-state index in [2.05, 4.69) is 40.5 Å². The molecule has 0 aliphatic carbocycles. The molecule has 0 unspecified atom stereocenters. The van der Waals surface area contributed by atoms with Gasteiger partial charge in [-0.1, -0.05) is 26.0 Å². The van der Waals surface area contributed by atoms with Crippen molar-refractivity contribution < 1.29 is 13.2 Å². The third-order valence-electron chi connectivity index (χ3n) is 5.39. The van der Waals surface area contributed by atoms with Crippen molar-refractivity contribution in [1.29, 1.82) is 0 Å². The van der Waals surface area contributed by atoms with E-state index in [0.29, 0.717) is 23.9 Å². The molecule has 1 aliphatic rings. The van der Waals surface area contributed by atoms with E-state index in [1.807, 2.05) is 24.3 Å². The molecule has 1 fully saturated rings. The monoisotopic (exact) mass is 417 g/mol. The predicted octanol–water partition coefficient (Wildman–Crippen LogP) is 2.92. The van der Waals surface area contributed by atoms with Gasteiger partial charge < -0.3 is 9.64 Å². The van der Waals surface area contributed by atoms with Gasteiger partial charge in [-0.2, -0.15) is 0 Å². The molecule has 2 aromatic rings. The number of ether oxygens (including phenoxy) is 1. The van der Waals surface area contributed by atoms with Crippen molar-refractivity contribution in [3.63, 3.8) is 0 Å². The third kappa shape index (κ3) is 5.72. The van der Waals surface area contributed by atoms with Crippen molar-refractivity contribution in [2.24, 2.45) is 0 Å². The van der Waals surface area contributed by atoms with Crippen LogP contribution in [0.15, 0.2) is 53.4 Å². The fourth-order valence-corrected chi connectivity index (χ4v) is 4.50. The van der Waals surface area contributed by atoms with E-state index >= 15 is 0 Å². The van der Waals surface area contributed by atoms with Crippen molar-refractivity contribution in [1.82, 2.24) is 9.62 Å². The first-order valence-corrected chi connectivity index (χ1v) is 11.6. The summed E-state index contributed by atoms with van der Waals surface area (Å²) in [6, 6.07) is 15.3. The minimum Gasteiger partial charge on any atom is -0.497 e. The van der Waals surface area contributed by atoms with Crippen LogP contribution in [0.3, 0.4) is 0 Å². The molecule has 1 heterocycles. The predicted molar refractivity (Wildman–Crippen MR) is 117 cm³/mol. The van der Waals surface area contributed by atoms with Gasteiger partial charge in [0.05, 0.1) is 12.0 Å². The maximum absolute atomic E-state index is 12.5. The number of anilines is 1. The van der Waals surface area contributed by atoms with Crippen molar-refractivity contribution >= 4 is 15.7 Å². The van der Waals surface area contributed by atoms with Crippen LogP contribution in [-0.2, 0) is 10.0 Å². The van der Waals surface area contributed by atoms with Gasteiger partial charge >= 0.3 is 0 Å². The summed E-state index contributed by atoms with van der Waals surface area (Å²) in [4.78, 5) is 4.96. The van der Waals surface area contributed by atoms with Crippen LogP contribution in [0.2, 0.25) is 0 Å². The van der Waals surface area contributed by atoms with Crippen molar-refractivity contribution in [3.8, 4) is 5.75 Å². The summed E-state index contributed by atoms with van der Waals surface area (Å²) in [5.41, 5.74) is 2.33. The molecule has 0 saturated carbocycles. The summed E-state index contributed by atoms with van der Waals surface area (Å²) in [6.07, 6.45) is 0. The van der Waals surface area contributed by atoms with Gasteiger partial charge in [-0.25, -0.2) is 13.1 Å². The smallest absolute Gasteiger partial charge is 0.240 e. The molecule has 7 heteroatoms. The lowest BCUT2D eigenvalue weighted by Crippen LogP contribution is -2.48. The molecule has 0 atom stereocenters. The molecule has 0 spiro atoms. The molecule has 2 aromatic carbocycles. The van der Waals surface area contributed by atoms with Crippen LogP contribution < -0.4 is 14.4 Å². The Hall–Kier alpha value is -2.09. The quantitative estimate of drug-likeness (QED) is 0.716. The Morgan fingerprint density at radius 2 is 1.59 bits per heavy atom. The van der Waals surface area contributed by atoms with Gasteiger partial charge in [0.1, 0.15) is 5.75 Å². The van der Waals surface area contributed by atoms with E-state index in [4.69, 9.17) is 4.74 Å². The van der Waals surface area contributed by atoms with Crippen LogP contribution >= 0.6 is 0 Å². The fraction of sp³-hybridized carbons (Fsp3) is 0.455. The number of nitrogens with zero attached hydrogens (tertiary/aromatic N) is 2. The Morgan fingerprint density at radius 1 is 0.966 bits per heavy atom. The van der Waals surface area contributed by atoms with Crippen molar-refractivity contribution in [2.75, 3.05) is 51.3 Å². The topological polar surface area (TPSA) is 61.9 Å². The lowest BCUT2D eigenvalue weighted by atomic mass is 10.0. The molecule has 1 aliphatic heterocycles. The van der Waals surface area contributed by atoms with Gasteiger partial charge in [0, 0.05) is 45.0 Å². The van der Waals surface area contributed by atoms with Gasteiger partial charge in [0.2, 0.25) is 10.0 Å². The number of nitrogens with one attached hydrogen (secondary N) is 1. The number of sulfonamides is 1. The van der Waals surface area contributed by atoms with Crippen molar-refractivity contribution in [3.05, 3.63) is 54.1 Å². The lowest BCUT2D eigenvalue weighted by Gasteiger charge is -2.36. The second-order valence-corrected chi connectivity index (χ2v) is 9.42. The Morgan fingerprint density at radius 3 is 2.14 bits per heavy atom. The van der Waals surface area contributed by atoms with Crippen LogP contribution in [-0.4, -0.2) is 59.7 Å². The van der Waals surface area contributed by atoms with Crippen LogP contribution in [0, 0.1) is 0 Å². The average molecular weight is 418 g/mol. The van der Waals surface area contributed by atoms with Crippen LogP contribution in [0.1, 0.15) is 25.3 Å². The van der Waals surface area contributed by atoms with E-state index in [-0.39, 0.29) is 0 Å². The SMILES string of the molecule is COc1ccc(N2CCN(CCNS(=O)(=O)c3ccc(C(C)C)cc3)CC2)cc1. The summed E-state index contributed by atoms with van der Waals surface area (Å²) in [5, 5.41) is 0. The van der Waals surface area contributed by atoms with Crippen LogP contribution in [0.4, 0.5) is 5.69 Å². The minimum absolute atomic E-state index is 0.325. The van der Waals surface area contributed by atoms with E-state index in [1.165, 1.54) is 5.69 Å². The summed E-state index contributed by atoms with van der Waals surface area (Å²) >= 11 is 0. The first-order valence-electron chi connectivity index (χ1n) is 10.1. The largest absolute Gasteiger partial charge is 0.497 e. The van der Waals surface area contributed by atoms with Crippen molar-refractivity contribution in [2.45, 2.75) is 24.7 Å². The highest BCUT2D eigenvalue weighted by atomic mass is 32.2. The average Bonchev–Trinajstić information content (AvgIpc) is 2.74. The lowest BCUT2D eigenvalue weighted by molar-refractivity contribution is 0.262. The van der Waals surface area contributed by atoms with E-state index in [0.717, 1.165) is 37.5 Å². The van der Waals surface area contributed by atoms with E-state index in [9.17, 15) is 8.42 Å². The molecule has 1 saturated heterocycles. The van der Waals surface area contributed by atoms with Gasteiger partial charge in [0.15, 0.2) is 0 Å². The zero-order valence-electron chi connectivity index (χ0n) is 17.5. The zero-order chi connectivity index (χ0) is 20.9. The minimum atomic E-state index is -3.46. The maximum atomic E-state index is 12.5. The fourth-order valence-electron chi connectivity index (χ4n) is 3.48. The molecule has 0 amide bonds. The zero-order valence-corrected chi connectivity index (χ0v) is 18.3. The number of hydrogen-bond donors (Lipinski definition) is 1. The molecule has 0 aromatic heterocycles. The second kappa shape index (κ2) is 9.61. The van der Waals surface area contributed by atoms with Crippen LogP contribution in [0.5, 0.6) is 5.75 Å². The summed E-state index contributed by atoms with van der Waals surface area (Å²) in [6.45, 7) is 8.99. The summed E-state index contributed by atoms with van der Waals surface area (Å²) < 4.78 is 32.9. The molecular weight excluding hydrogens is 386 g/mol. The number of piperazine rings is 1. The highest BCUT2D eigenvalue weighted by molar-refractivity contribution is 7.89. The van der Waals surface area contributed by atoms with Gasteiger partial charge in [-0.05, 0) is 47.9 Å². The molecule has 29 heavy (non-hydrogen) atoms. The summed E-state index contributed by atoms with van der Waals surface area (Å²) in [5.74, 6) is 1.25. The molecule has 158 valence electrons. The molecule has 1 N–H and O–H groups in total. The standard InChI is InChI=1S/C22H31N3O3S/c1-18(2)19-4-10-22(11-5-19)29(26,27)23-12-13-24-14-16-25(17-15-24)20-6-8-21(28-3)9-7-20/h4-11,18,23H,12-17H2,1-3H3. The Balaban J connectivity index is 1.45. The normalized spacial score (nSPS) is 15.7. The number of methoxy groups -OCH3 is 1. The number of rotatable bonds is 8. The first kappa shape index (κ1) is 21.6. The van der Waals surface area contributed by atoms with Gasteiger partial charge in [0.25, 0.3) is 0 Å². The maximum Gasteiger partial charge on any atom is 0.240 e.